The molecule has 1 aromatic heterocycles. The number of benzene rings is 1. The molecule has 0 aliphatic rings. The van der Waals surface area contributed by atoms with Crippen LogP contribution in [0.15, 0.2) is 47.2 Å². The van der Waals surface area contributed by atoms with Crippen molar-refractivity contribution < 1.29 is 0 Å². The quantitative estimate of drug-likeness (QED) is 0.667. The summed E-state index contributed by atoms with van der Waals surface area (Å²) in [6, 6.07) is 12.4. The SMILES string of the molecule is C(=Cc1ccsc1)c1ccccc1. The third-order valence-electron chi connectivity index (χ3n) is 1.81. The Balaban J connectivity index is 2.15. The van der Waals surface area contributed by atoms with Crippen LogP contribution in [0.3, 0.4) is 0 Å². The molecule has 0 unspecified atom stereocenters. The smallest absolute Gasteiger partial charge is 0.00208 e. The molecule has 13 heavy (non-hydrogen) atoms. The zero-order chi connectivity index (χ0) is 8.93. The molecule has 2 aromatic rings. The van der Waals surface area contributed by atoms with Crippen molar-refractivity contribution in [1.29, 1.82) is 0 Å². The number of rotatable bonds is 2. The molecule has 0 bridgehead atoms. The topological polar surface area (TPSA) is 0 Å². The third-order valence-corrected chi connectivity index (χ3v) is 2.51. The molecule has 0 spiro atoms. The molecular weight excluding hydrogens is 176 g/mol. The van der Waals surface area contributed by atoms with Crippen LogP contribution < -0.4 is 0 Å². The van der Waals surface area contributed by atoms with Gasteiger partial charge in [-0.05, 0) is 28.0 Å². The summed E-state index contributed by atoms with van der Waals surface area (Å²) < 4.78 is 0. The number of thiophene rings is 1. The van der Waals surface area contributed by atoms with E-state index in [1.807, 2.05) is 18.2 Å². The van der Waals surface area contributed by atoms with Gasteiger partial charge in [-0.2, -0.15) is 11.3 Å². The van der Waals surface area contributed by atoms with Crippen molar-refractivity contribution in [2.24, 2.45) is 0 Å². The third kappa shape index (κ3) is 2.30. The normalized spacial score (nSPS) is 10.8. The molecule has 0 saturated carbocycles. The summed E-state index contributed by atoms with van der Waals surface area (Å²) in [6.45, 7) is 0. The van der Waals surface area contributed by atoms with E-state index in [0.717, 1.165) is 0 Å². The van der Waals surface area contributed by atoms with Gasteiger partial charge in [-0.15, -0.1) is 0 Å². The Morgan fingerprint density at radius 3 is 2.31 bits per heavy atom. The molecule has 0 radical (unpaired) electrons. The molecule has 1 aromatic carbocycles. The molecule has 0 saturated heterocycles. The van der Waals surface area contributed by atoms with E-state index >= 15 is 0 Å². The minimum absolute atomic E-state index is 1.24. The molecule has 64 valence electrons. The van der Waals surface area contributed by atoms with Crippen molar-refractivity contribution in [3.05, 3.63) is 58.3 Å². The Hall–Kier alpha value is -1.34. The molecule has 1 heterocycles. The molecule has 0 nitrogen and oxygen atoms in total. The Morgan fingerprint density at radius 2 is 1.62 bits per heavy atom. The molecular formula is C12H10S. The van der Waals surface area contributed by atoms with Gasteiger partial charge < -0.3 is 0 Å². The highest BCUT2D eigenvalue weighted by atomic mass is 32.1. The fourth-order valence-corrected chi connectivity index (χ4v) is 1.75. The summed E-state index contributed by atoms with van der Waals surface area (Å²) in [5.74, 6) is 0. The monoisotopic (exact) mass is 186 g/mol. The van der Waals surface area contributed by atoms with Gasteiger partial charge in [-0.3, -0.25) is 0 Å². The van der Waals surface area contributed by atoms with Crippen LogP contribution in [0, 0.1) is 0 Å². The molecule has 0 amide bonds. The average molecular weight is 186 g/mol. The average Bonchev–Trinajstić information content (AvgIpc) is 2.69. The maximum absolute atomic E-state index is 2.14. The van der Waals surface area contributed by atoms with E-state index in [-0.39, 0.29) is 0 Å². The summed E-state index contributed by atoms with van der Waals surface area (Å²) in [7, 11) is 0. The second kappa shape index (κ2) is 4.06. The molecule has 0 fully saturated rings. The van der Waals surface area contributed by atoms with E-state index in [9.17, 15) is 0 Å². The highest BCUT2D eigenvalue weighted by Crippen LogP contribution is 2.10. The predicted molar refractivity (Wildman–Crippen MR) is 59.7 cm³/mol. The first kappa shape index (κ1) is 8.27. The first-order chi connectivity index (χ1) is 6.45. The van der Waals surface area contributed by atoms with Crippen LogP contribution in [0.4, 0.5) is 0 Å². The molecule has 0 aliphatic carbocycles. The van der Waals surface area contributed by atoms with Crippen LogP contribution in [-0.4, -0.2) is 0 Å². The van der Waals surface area contributed by atoms with Crippen molar-refractivity contribution in [1.82, 2.24) is 0 Å². The number of hydrogen-bond acceptors (Lipinski definition) is 1. The summed E-state index contributed by atoms with van der Waals surface area (Å²) in [6.07, 6.45) is 4.26. The Morgan fingerprint density at radius 1 is 0.846 bits per heavy atom. The largest absolute Gasteiger partial charge is 0.152 e. The maximum Gasteiger partial charge on any atom is -0.00208 e. The zero-order valence-corrected chi connectivity index (χ0v) is 8.00. The van der Waals surface area contributed by atoms with Gasteiger partial charge >= 0.3 is 0 Å². The minimum Gasteiger partial charge on any atom is -0.152 e. The van der Waals surface area contributed by atoms with Crippen LogP contribution in [-0.2, 0) is 0 Å². The highest BCUT2D eigenvalue weighted by Gasteiger charge is 1.85. The molecule has 0 N–H and O–H groups in total. The Labute approximate surface area is 82.2 Å². The first-order valence-corrected chi connectivity index (χ1v) is 5.15. The zero-order valence-electron chi connectivity index (χ0n) is 7.18. The summed E-state index contributed by atoms with van der Waals surface area (Å²) in [4.78, 5) is 0. The van der Waals surface area contributed by atoms with E-state index in [0.29, 0.717) is 0 Å². The lowest BCUT2D eigenvalue weighted by molar-refractivity contribution is 1.66. The lowest BCUT2D eigenvalue weighted by Crippen LogP contribution is -1.67. The molecule has 2 rings (SSSR count). The lowest BCUT2D eigenvalue weighted by Gasteiger charge is -1.89. The van der Waals surface area contributed by atoms with Crippen molar-refractivity contribution >= 4 is 23.5 Å². The van der Waals surface area contributed by atoms with Gasteiger partial charge in [0.15, 0.2) is 0 Å². The highest BCUT2D eigenvalue weighted by molar-refractivity contribution is 7.08. The van der Waals surface area contributed by atoms with Gasteiger partial charge in [-0.1, -0.05) is 42.5 Å². The fourth-order valence-electron chi connectivity index (χ4n) is 1.13. The van der Waals surface area contributed by atoms with Crippen LogP contribution in [0.25, 0.3) is 12.2 Å². The number of hydrogen-bond donors (Lipinski definition) is 0. The fraction of sp³-hybridized carbons (Fsp3) is 0. The van der Waals surface area contributed by atoms with Crippen molar-refractivity contribution in [2.45, 2.75) is 0 Å². The summed E-state index contributed by atoms with van der Waals surface area (Å²) >= 11 is 1.72. The van der Waals surface area contributed by atoms with E-state index in [1.54, 1.807) is 11.3 Å². The van der Waals surface area contributed by atoms with Crippen LogP contribution in [0.2, 0.25) is 0 Å². The van der Waals surface area contributed by atoms with Gasteiger partial charge in [0.25, 0.3) is 0 Å². The Kier molecular flexibility index (Phi) is 2.58. The summed E-state index contributed by atoms with van der Waals surface area (Å²) in [5, 5.41) is 4.23. The van der Waals surface area contributed by atoms with E-state index in [4.69, 9.17) is 0 Å². The summed E-state index contributed by atoms with van der Waals surface area (Å²) in [5.41, 5.74) is 2.52. The molecule has 0 atom stereocenters. The van der Waals surface area contributed by atoms with Crippen molar-refractivity contribution in [3.63, 3.8) is 0 Å². The lowest BCUT2D eigenvalue weighted by atomic mass is 10.2. The van der Waals surface area contributed by atoms with Crippen LogP contribution in [0.1, 0.15) is 11.1 Å². The van der Waals surface area contributed by atoms with Gasteiger partial charge in [0, 0.05) is 0 Å². The second-order valence-corrected chi connectivity index (χ2v) is 3.58. The van der Waals surface area contributed by atoms with Gasteiger partial charge in [-0.25, -0.2) is 0 Å². The second-order valence-electron chi connectivity index (χ2n) is 2.80. The maximum atomic E-state index is 2.14. The van der Waals surface area contributed by atoms with E-state index in [2.05, 4.69) is 41.1 Å². The van der Waals surface area contributed by atoms with Gasteiger partial charge in [0.05, 0.1) is 0 Å². The Bertz CT molecular complexity index is 371. The standard InChI is InChI=1S/C12H10S/c1-2-4-11(5-3-1)6-7-12-8-9-13-10-12/h1-10H. The van der Waals surface area contributed by atoms with Gasteiger partial charge in [0.1, 0.15) is 0 Å². The van der Waals surface area contributed by atoms with Crippen LogP contribution in [0.5, 0.6) is 0 Å². The molecule has 1 heteroatoms. The van der Waals surface area contributed by atoms with Crippen molar-refractivity contribution in [2.75, 3.05) is 0 Å². The van der Waals surface area contributed by atoms with Crippen molar-refractivity contribution in [3.8, 4) is 0 Å². The minimum atomic E-state index is 1.24. The first-order valence-electron chi connectivity index (χ1n) is 4.20. The van der Waals surface area contributed by atoms with E-state index < -0.39 is 0 Å². The predicted octanol–water partition coefficient (Wildman–Crippen LogP) is 3.92. The van der Waals surface area contributed by atoms with Crippen LogP contribution >= 0.6 is 11.3 Å². The van der Waals surface area contributed by atoms with E-state index in [1.165, 1.54) is 11.1 Å². The molecule has 0 aliphatic heterocycles. The van der Waals surface area contributed by atoms with Gasteiger partial charge in [0.2, 0.25) is 0 Å².